The summed E-state index contributed by atoms with van der Waals surface area (Å²) in [6.07, 6.45) is 0. The van der Waals surface area contributed by atoms with Crippen LogP contribution in [0, 0.1) is 6.92 Å². The number of halogens is 1. The Hall–Kier alpha value is -3.42. The van der Waals surface area contributed by atoms with Crippen LogP contribution < -0.4 is 5.32 Å². The first kappa shape index (κ1) is 18.6. The van der Waals surface area contributed by atoms with Crippen molar-refractivity contribution in [1.29, 1.82) is 0 Å². The highest BCUT2D eigenvalue weighted by molar-refractivity contribution is 7.12. The van der Waals surface area contributed by atoms with Crippen LogP contribution in [0.15, 0.2) is 70.5 Å². The van der Waals surface area contributed by atoms with E-state index < -0.39 is 0 Å². The number of aromatic nitrogens is 3. The molecule has 1 amide bonds. The molecule has 3 aromatic heterocycles. The van der Waals surface area contributed by atoms with Gasteiger partial charge in [0.1, 0.15) is 17.1 Å². The number of furan rings is 1. The van der Waals surface area contributed by atoms with Gasteiger partial charge in [0.2, 0.25) is 5.13 Å². The van der Waals surface area contributed by atoms with Gasteiger partial charge in [-0.3, -0.25) is 4.79 Å². The molecule has 0 saturated heterocycles. The second-order valence-electron chi connectivity index (χ2n) is 6.71. The van der Waals surface area contributed by atoms with Crippen molar-refractivity contribution in [3.8, 4) is 16.6 Å². The molecular formula is C22H15ClN4O2S. The van der Waals surface area contributed by atoms with E-state index in [1.54, 1.807) is 35.0 Å². The summed E-state index contributed by atoms with van der Waals surface area (Å²) in [5.41, 5.74) is 2.80. The predicted molar refractivity (Wildman–Crippen MR) is 119 cm³/mol. The van der Waals surface area contributed by atoms with Crippen LogP contribution >= 0.6 is 22.9 Å². The summed E-state index contributed by atoms with van der Waals surface area (Å²) in [5.74, 6) is 0.981. The summed E-state index contributed by atoms with van der Waals surface area (Å²) < 4.78 is 7.53. The number of nitrogens with zero attached hydrogens (tertiary/aromatic N) is 3. The number of hydrogen-bond donors (Lipinski definition) is 1. The first-order valence-corrected chi connectivity index (χ1v) is 10.4. The van der Waals surface area contributed by atoms with Crippen molar-refractivity contribution in [2.45, 2.75) is 6.92 Å². The number of anilines is 1. The highest BCUT2D eigenvalue weighted by atomic mass is 35.5. The van der Waals surface area contributed by atoms with E-state index in [9.17, 15) is 4.79 Å². The highest BCUT2D eigenvalue weighted by Crippen LogP contribution is 2.30. The zero-order valence-corrected chi connectivity index (χ0v) is 17.4. The summed E-state index contributed by atoms with van der Waals surface area (Å²) in [4.78, 5) is 17.3. The van der Waals surface area contributed by atoms with Gasteiger partial charge in [-0.15, -0.1) is 11.3 Å². The second kappa shape index (κ2) is 7.44. The molecule has 1 N–H and O–H groups in total. The number of nitrogens with one attached hydrogen (secondary N) is 1. The number of thiazole rings is 1. The first-order chi connectivity index (χ1) is 14.6. The van der Waals surface area contributed by atoms with Gasteiger partial charge in [0.15, 0.2) is 5.76 Å². The molecule has 0 aliphatic rings. The third-order valence-electron chi connectivity index (χ3n) is 4.53. The minimum Gasteiger partial charge on any atom is -0.454 e. The summed E-state index contributed by atoms with van der Waals surface area (Å²) in [6.45, 7) is 1.86. The van der Waals surface area contributed by atoms with Gasteiger partial charge in [0.25, 0.3) is 5.91 Å². The van der Waals surface area contributed by atoms with E-state index in [2.05, 4.69) is 15.4 Å². The second-order valence-corrected chi connectivity index (χ2v) is 7.98. The molecule has 0 atom stereocenters. The third-order valence-corrected chi connectivity index (χ3v) is 5.60. The van der Waals surface area contributed by atoms with E-state index in [-0.39, 0.29) is 5.91 Å². The molecular weight excluding hydrogens is 420 g/mol. The summed E-state index contributed by atoms with van der Waals surface area (Å²) >= 11 is 7.32. The molecule has 5 rings (SSSR count). The molecule has 0 spiro atoms. The molecule has 3 heterocycles. The Labute approximate surface area is 180 Å². The lowest BCUT2D eigenvalue weighted by Gasteiger charge is -2.06. The maximum Gasteiger partial charge on any atom is 0.256 e. The summed E-state index contributed by atoms with van der Waals surface area (Å²) in [7, 11) is 0. The lowest BCUT2D eigenvalue weighted by molar-refractivity contribution is 0.102. The number of carbonyl (C=O) groups excluding carboxylic acids is 1. The van der Waals surface area contributed by atoms with Gasteiger partial charge in [-0.25, -0.2) is 4.98 Å². The SMILES string of the molecule is Cc1cc(NC(=O)c2ccc(Cl)cc2)n(-c2nc(-c3cc4ccccc4o3)cs2)n1. The number of hydrogen-bond acceptors (Lipinski definition) is 5. The molecule has 0 bridgehead atoms. The number of amides is 1. The molecule has 0 radical (unpaired) electrons. The Kier molecular flexibility index (Phi) is 4.61. The van der Waals surface area contributed by atoms with Crippen molar-refractivity contribution in [3.05, 3.63) is 82.3 Å². The maximum atomic E-state index is 12.6. The molecule has 0 saturated carbocycles. The van der Waals surface area contributed by atoms with E-state index in [0.717, 1.165) is 16.7 Å². The van der Waals surface area contributed by atoms with Crippen molar-refractivity contribution in [2.75, 3.05) is 5.32 Å². The van der Waals surface area contributed by atoms with E-state index in [4.69, 9.17) is 16.0 Å². The smallest absolute Gasteiger partial charge is 0.256 e. The Morgan fingerprint density at radius 3 is 2.73 bits per heavy atom. The molecule has 6 nitrogen and oxygen atoms in total. The van der Waals surface area contributed by atoms with Gasteiger partial charge in [-0.2, -0.15) is 9.78 Å². The van der Waals surface area contributed by atoms with Crippen LogP contribution in [0.2, 0.25) is 5.02 Å². The van der Waals surface area contributed by atoms with Crippen molar-refractivity contribution in [2.24, 2.45) is 0 Å². The van der Waals surface area contributed by atoms with Crippen LogP contribution in [0.4, 0.5) is 5.82 Å². The van der Waals surface area contributed by atoms with Gasteiger partial charge in [0.05, 0.1) is 5.69 Å². The molecule has 0 fully saturated rings. The van der Waals surface area contributed by atoms with Crippen molar-refractivity contribution >= 4 is 45.6 Å². The van der Waals surface area contributed by atoms with Gasteiger partial charge in [-0.05, 0) is 43.3 Å². The molecule has 5 aromatic rings. The number of aryl methyl sites for hydroxylation is 1. The maximum absolute atomic E-state index is 12.6. The normalized spacial score (nSPS) is 11.1. The number of rotatable bonds is 4. The number of benzene rings is 2. The zero-order valence-electron chi connectivity index (χ0n) is 15.8. The number of carbonyl (C=O) groups is 1. The highest BCUT2D eigenvalue weighted by Gasteiger charge is 2.16. The Morgan fingerprint density at radius 2 is 1.93 bits per heavy atom. The average Bonchev–Trinajstić information content (AvgIpc) is 3.45. The lowest BCUT2D eigenvalue weighted by Crippen LogP contribution is -2.15. The standard InChI is InChI=1S/C22H15ClN4O2S/c1-13-10-20(25-21(28)14-6-8-16(23)9-7-14)27(26-13)22-24-17(12-30-22)19-11-15-4-2-3-5-18(15)29-19/h2-12H,1H3,(H,25,28). The van der Waals surface area contributed by atoms with Crippen LogP contribution in [0.1, 0.15) is 16.1 Å². The number of para-hydroxylation sites is 1. The molecule has 0 aliphatic heterocycles. The lowest BCUT2D eigenvalue weighted by atomic mass is 10.2. The molecule has 0 aliphatic carbocycles. The monoisotopic (exact) mass is 434 g/mol. The third kappa shape index (κ3) is 3.49. The van der Waals surface area contributed by atoms with E-state index in [1.807, 2.05) is 42.6 Å². The van der Waals surface area contributed by atoms with E-state index in [1.165, 1.54) is 11.3 Å². The largest absolute Gasteiger partial charge is 0.454 e. The Bertz CT molecular complexity index is 1330. The Balaban J connectivity index is 1.45. The van der Waals surface area contributed by atoms with Crippen LogP contribution in [-0.2, 0) is 0 Å². The quantitative estimate of drug-likeness (QED) is 0.379. The van der Waals surface area contributed by atoms with Crippen LogP contribution in [0.3, 0.4) is 0 Å². The first-order valence-electron chi connectivity index (χ1n) is 9.15. The molecule has 0 unspecified atom stereocenters. The predicted octanol–water partition coefficient (Wildman–Crippen LogP) is 5.96. The summed E-state index contributed by atoms with van der Waals surface area (Å²) in [5, 5.41) is 11.5. The van der Waals surface area contributed by atoms with Gasteiger partial charge >= 0.3 is 0 Å². The topological polar surface area (TPSA) is 73.0 Å². The van der Waals surface area contributed by atoms with Crippen LogP contribution in [0.25, 0.3) is 27.6 Å². The molecule has 148 valence electrons. The van der Waals surface area contributed by atoms with Crippen molar-refractivity contribution in [3.63, 3.8) is 0 Å². The molecule has 2 aromatic carbocycles. The fourth-order valence-corrected chi connectivity index (χ4v) is 4.01. The zero-order chi connectivity index (χ0) is 20.7. The molecule has 30 heavy (non-hydrogen) atoms. The van der Waals surface area contributed by atoms with E-state index in [0.29, 0.717) is 33.0 Å². The van der Waals surface area contributed by atoms with Gasteiger partial charge in [0, 0.05) is 27.4 Å². The minimum atomic E-state index is -0.248. The average molecular weight is 435 g/mol. The fraction of sp³-hybridized carbons (Fsp3) is 0.0455. The number of fused-ring (bicyclic) bond motifs is 1. The van der Waals surface area contributed by atoms with Crippen molar-refractivity contribution in [1.82, 2.24) is 14.8 Å². The minimum absolute atomic E-state index is 0.248. The van der Waals surface area contributed by atoms with E-state index >= 15 is 0 Å². The Morgan fingerprint density at radius 1 is 1.13 bits per heavy atom. The van der Waals surface area contributed by atoms with Crippen molar-refractivity contribution < 1.29 is 9.21 Å². The molecule has 8 heteroatoms. The fourth-order valence-electron chi connectivity index (χ4n) is 3.11. The van der Waals surface area contributed by atoms with Gasteiger partial charge < -0.3 is 9.73 Å². The van der Waals surface area contributed by atoms with Crippen LogP contribution in [-0.4, -0.2) is 20.7 Å². The van der Waals surface area contributed by atoms with Crippen LogP contribution in [0.5, 0.6) is 0 Å². The summed E-state index contributed by atoms with van der Waals surface area (Å²) in [6, 6.07) is 18.3. The van der Waals surface area contributed by atoms with Gasteiger partial charge in [-0.1, -0.05) is 29.8 Å².